The number of anilines is 1. The third kappa shape index (κ3) is 1.64. The van der Waals surface area contributed by atoms with Crippen LogP contribution >= 0.6 is 0 Å². The predicted molar refractivity (Wildman–Crippen MR) is 72.7 cm³/mol. The van der Waals surface area contributed by atoms with Crippen LogP contribution in [-0.2, 0) is 6.54 Å². The minimum Gasteiger partial charge on any atom is -0.497 e. The van der Waals surface area contributed by atoms with E-state index in [0.717, 1.165) is 34.8 Å². The fourth-order valence-corrected chi connectivity index (χ4v) is 2.23. The first-order valence-electron chi connectivity index (χ1n) is 5.85. The van der Waals surface area contributed by atoms with Crippen LogP contribution in [0.3, 0.4) is 0 Å². The van der Waals surface area contributed by atoms with Crippen molar-refractivity contribution in [1.82, 2.24) is 4.98 Å². The van der Waals surface area contributed by atoms with Crippen LogP contribution in [-0.4, -0.2) is 12.1 Å². The molecule has 0 aliphatic carbocycles. The maximum atomic E-state index is 5.28. The lowest BCUT2D eigenvalue weighted by Gasteiger charge is -2.10. The van der Waals surface area contributed by atoms with Crippen LogP contribution in [0.1, 0.15) is 16.7 Å². The topological polar surface area (TPSA) is 34.1 Å². The number of nitrogens with one attached hydrogen (secondary N) is 1. The summed E-state index contributed by atoms with van der Waals surface area (Å²) in [7, 11) is 1.68. The average Bonchev–Trinajstić information content (AvgIpc) is 2.57. The summed E-state index contributed by atoms with van der Waals surface area (Å²) in [6.45, 7) is 4.95. The Labute approximate surface area is 106 Å². The molecular formula is C15H14N2O. The number of nitrogens with zero attached hydrogens (tertiary/aromatic N) is 1. The lowest BCUT2D eigenvalue weighted by molar-refractivity contribution is 0.414. The normalized spacial score (nSPS) is 13.1. The monoisotopic (exact) mass is 238 g/mol. The Morgan fingerprint density at radius 2 is 2.17 bits per heavy atom. The molecule has 3 rings (SSSR count). The van der Waals surface area contributed by atoms with Gasteiger partial charge in [-0.3, -0.25) is 0 Å². The third-order valence-corrected chi connectivity index (χ3v) is 3.22. The fourth-order valence-electron chi connectivity index (χ4n) is 2.23. The first kappa shape index (κ1) is 10.8. The van der Waals surface area contributed by atoms with Crippen molar-refractivity contribution >= 4 is 11.4 Å². The third-order valence-electron chi connectivity index (χ3n) is 3.22. The largest absolute Gasteiger partial charge is 0.497 e. The molecule has 0 bridgehead atoms. The van der Waals surface area contributed by atoms with Crippen LogP contribution in [0.25, 0.3) is 5.57 Å². The van der Waals surface area contributed by atoms with Crippen molar-refractivity contribution in [3.8, 4) is 5.75 Å². The van der Waals surface area contributed by atoms with E-state index in [-0.39, 0.29) is 0 Å². The number of hydrogen-bond acceptors (Lipinski definition) is 3. The molecule has 1 aromatic carbocycles. The summed E-state index contributed by atoms with van der Waals surface area (Å²) in [5.74, 6) is 1.74. The van der Waals surface area contributed by atoms with Gasteiger partial charge in [0.15, 0.2) is 0 Å². The van der Waals surface area contributed by atoms with Gasteiger partial charge in [-0.1, -0.05) is 12.6 Å². The molecule has 0 unspecified atom stereocenters. The molecular weight excluding hydrogens is 224 g/mol. The Morgan fingerprint density at radius 1 is 1.28 bits per heavy atom. The van der Waals surface area contributed by atoms with Gasteiger partial charge in [0.2, 0.25) is 0 Å². The molecule has 18 heavy (non-hydrogen) atoms. The molecule has 1 aliphatic rings. The van der Waals surface area contributed by atoms with Crippen LogP contribution in [0, 0.1) is 0 Å². The van der Waals surface area contributed by atoms with E-state index in [9.17, 15) is 0 Å². The van der Waals surface area contributed by atoms with Gasteiger partial charge in [0, 0.05) is 18.3 Å². The van der Waals surface area contributed by atoms with E-state index < -0.39 is 0 Å². The summed E-state index contributed by atoms with van der Waals surface area (Å²) in [5, 5.41) is 3.34. The molecule has 0 atom stereocenters. The van der Waals surface area contributed by atoms with E-state index in [0.29, 0.717) is 0 Å². The van der Waals surface area contributed by atoms with Gasteiger partial charge in [0.05, 0.1) is 7.11 Å². The van der Waals surface area contributed by atoms with Gasteiger partial charge in [-0.05, 0) is 41.0 Å². The molecule has 3 heteroatoms. The molecule has 0 radical (unpaired) electrons. The van der Waals surface area contributed by atoms with Crippen molar-refractivity contribution in [2.24, 2.45) is 0 Å². The van der Waals surface area contributed by atoms with Gasteiger partial charge in [-0.2, -0.15) is 0 Å². The first-order valence-corrected chi connectivity index (χ1v) is 5.85. The van der Waals surface area contributed by atoms with Crippen molar-refractivity contribution in [1.29, 1.82) is 0 Å². The standard InChI is InChI=1S/C15H14N2O/c1-10-13-4-3-7-16-15(13)17-9-11-5-6-12(18-2)8-14(10)11/h3-8H,1,9H2,2H3,(H,16,17). The summed E-state index contributed by atoms with van der Waals surface area (Å²) < 4.78 is 5.28. The zero-order chi connectivity index (χ0) is 12.5. The van der Waals surface area contributed by atoms with E-state index in [1.54, 1.807) is 13.3 Å². The van der Waals surface area contributed by atoms with E-state index >= 15 is 0 Å². The highest BCUT2D eigenvalue weighted by Crippen LogP contribution is 2.34. The minimum absolute atomic E-state index is 0.752. The van der Waals surface area contributed by atoms with E-state index in [1.165, 1.54) is 5.56 Å². The number of methoxy groups -OCH3 is 1. The molecule has 2 aromatic rings. The van der Waals surface area contributed by atoms with E-state index in [1.807, 2.05) is 24.3 Å². The van der Waals surface area contributed by atoms with Crippen LogP contribution in [0.2, 0.25) is 0 Å². The second-order valence-electron chi connectivity index (χ2n) is 4.25. The molecule has 1 aliphatic heterocycles. The fraction of sp³-hybridized carbons (Fsp3) is 0.133. The van der Waals surface area contributed by atoms with Crippen molar-refractivity contribution in [2.75, 3.05) is 12.4 Å². The minimum atomic E-state index is 0.752. The van der Waals surface area contributed by atoms with Crippen molar-refractivity contribution < 1.29 is 4.74 Å². The van der Waals surface area contributed by atoms with Gasteiger partial charge < -0.3 is 10.1 Å². The highest BCUT2D eigenvalue weighted by Gasteiger charge is 2.17. The molecule has 0 spiro atoms. The molecule has 0 saturated carbocycles. The lowest BCUT2D eigenvalue weighted by Crippen LogP contribution is -2.00. The van der Waals surface area contributed by atoms with Crippen LogP contribution in [0.15, 0.2) is 43.1 Å². The Morgan fingerprint density at radius 3 is 3.00 bits per heavy atom. The highest BCUT2D eigenvalue weighted by molar-refractivity contribution is 5.86. The molecule has 0 saturated heterocycles. The van der Waals surface area contributed by atoms with Crippen LogP contribution in [0.4, 0.5) is 5.82 Å². The van der Waals surface area contributed by atoms with Crippen molar-refractivity contribution in [3.63, 3.8) is 0 Å². The number of benzene rings is 1. The van der Waals surface area contributed by atoms with Crippen molar-refractivity contribution in [2.45, 2.75) is 6.54 Å². The van der Waals surface area contributed by atoms with Crippen LogP contribution in [0.5, 0.6) is 5.75 Å². The summed E-state index contributed by atoms with van der Waals surface area (Å²) in [4.78, 5) is 4.35. The Balaban J connectivity index is 2.17. The summed E-state index contributed by atoms with van der Waals surface area (Å²) in [5.41, 5.74) is 4.36. The zero-order valence-electron chi connectivity index (χ0n) is 10.2. The summed E-state index contributed by atoms with van der Waals surface area (Å²) in [6, 6.07) is 10.0. The Kier molecular flexibility index (Phi) is 2.52. The molecule has 1 aromatic heterocycles. The number of rotatable bonds is 1. The van der Waals surface area contributed by atoms with Gasteiger partial charge in [0.1, 0.15) is 11.6 Å². The highest BCUT2D eigenvalue weighted by atomic mass is 16.5. The van der Waals surface area contributed by atoms with Gasteiger partial charge in [-0.15, -0.1) is 0 Å². The molecule has 2 heterocycles. The van der Waals surface area contributed by atoms with E-state index in [2.05, 4.69) is 22.9 Å². The SMILES string of the molecule is C=C1c2cc(OC)ccc2CNc2ncccc21. The number of aromatic nitrogens is 1. The van der Waals surface area contributed by atoms with Crippen molar-refractivity contribution in [3.05, 3.63) is 59.8 Å². The zero-order valence-corrected chi connectivity index (χ0v) is 10.2. The number of fused-ring (bicyclic) bond motifs is 2. The smallest absolute Gasteiger partial charge is 0.134 e. The number of pyridine rings is 1. The maximum Gasteiger partial charge on any atom is 0.134 e. The van der Waals surface area contributed by atoms with Crippen LogP contribution < -0.4 is 10.1 Å². The molecule has 0 fully saturated rings. The first-order chi connectivity index (χ1) is 8.79. The Hall–Kier alpha value is -2.29. The second kappa shape index (κ2) is 4.18. The Bertz CT molecular complexity index is 620. The second-order valence-corrected chi connectivity index (χ2v) is 4.25. The summed E-state index contributed by atoms with van der Waals surface area (Å²) in [6.07, 6.45) is 1.79. The summed E-state index contributed by atoms with van der Waals surface area (Å²) >= 11 is 0. The number of ether oxygens (including phenoxy) is 1. The molecule has 3 nitrogen and oxygen atoms in total. The molecule has 90 valence electrons. The molecule has 0 amide bonds. The van der Waals surface area contributed by atoms with Gasteiger partial charge in [0.25, 0.3) is 0 Å². The predicted octanol–water partition coefficient (Wildman–Crippen LogP) is 3.08. The quantitative estimate of drug-likeness (QED) is 0.829. The van der Waals surface area contributed by atoms with Gasteiger partial charge >= 0.3 is 0 Å². The maximum absolute atomic E-state index is 5.28. The lowest BCUT2D eigenvalue weighted by atomic mass is 9.97. The van der Waals surface area contributed by atoms with E-state index in [4.69, 9.17) is 4.74 Å². The average molecular weight is 238 g/mol. The number of hydrogen-bond donors (Lipinski definition) is 1. The molecule has 1 N–H and O–H groups in total. The van der Waals surface area contributed by atoms with Gasteiger partial charge in [-0.25, -0.2) is 4.98 Å².